The van der Waals surface area contributed by atoms with Crippen molar-refractivity contribution in [2.75, 3.05) is 0 Å². The lowest BCUT2D eigenvalue weighted by Crippen LogP contribution is -2.59. The zero-order valence-corrected chi connectivity index (χ0v) is 23.4. The van der Waals surface area contributed by atoms with E-state index in [2.05, 4.69) is 15.6 Å². The van der Waals surface area contributed by atoms with Gasteiger partial charge in [0.2, 0.25) is 0 Å². The molecule has 0 aliphatic heterocycles. The van der Waals surface area contributed by atoms with E-state index in [4.69, 9.17) is 4.52 Å². The number of rotatable bonds is 12. The average molecular weight is 580 g/mol. The molecule has 0 saturated carbocycles. The second-order valence-electron chi connectivity index (χ2n) is 10.9. The highest BCUT2D eigenvalue weighted by atomic mass is 19.4. The average Bonchev–Trinajstić information content (AvgIpc) is 3.59. The summed E-state index contributed by atoms with van der Waals surface area (Å²) in [6, 6.07) is 6.01. The zero-order valence-electron chi connectivity index (χ0n) is 23.4. The van der Waals surface area contributed by atoms with Crippen LogP contribution in [0.15, 0.2) is 53.3 Å². The lowest BCUT2D eigenvalue weighted by Gasteiger charge is -2.44. The molecule has 0 radical (unpaired) electrons. The number of aromatic nitrogens is 3. The third-order valence-corrected chi connectivity index (χ3v) is 6.84. The number of benzene rings is 1. The van der Waals surface area contributed by atoms with Crippen LogP contribution in [0, 0.1) is 5.41 Å². The first kappa shape index (κ1) is 31.7. The van der Waals surface area contributed by atoms with Crippen LogP contribution >= 0.6 is 0 Å². The number of nitrogens with one attached hydrogen (secondary N) is 1. The molecule has 224 valence electrons. The molecule has 13 heteroatoms. The van der Waals surface area contributed by atoms with Crippen molar-refractivity contribution in [3.63, 3.8) is 0 Å². The molecule has 0 spiro atoms. The molecule has 3 atom stereocenters. The predicted molar refractivity (Wildman–Crippen MR) is 143 cm³/mol. The highest BCUT2D eigenvalue weighted by molar-refractivity contribution is 5.82. The van der Waals surface area contributed by atoms with Crippen LogP contribution in [-0.4, -0.2) is 60.2 Å². The van der Waals surface area contributed by atoms with E-state index in [-0.39, 0.29) is 19.5 Å². The number of carbonyl (C=O) groups is 2. The Morgan fingerprint density at radius 1 is 1.12 bits per heavy atom. The van der Waals surface area contributed by atoms with Crippen LogP contribution < -0.4 is 5.32 Å². The Bertz CT molecular complexity index is 1270. The summed E-state index contributed by atoms with van der Waals surface area (Å²) in [7, 11) is 0. The van der Waals surface area contributed by atoms with Gasteiger partial charge < -0.3 is 20.1 Å². The standard InChI is InChI=1S/C28H36F3N5O5/c1-5-6-7-22(24(37)25(38)32-16-20-12-14-33-41-20)36(26(39)40)23(27(2,3)4)17-35-15-13-21(34-35)18-8-10-19(11-9-18)28(29,30)31/h8-15,22-24,37H,5-7,16-17H2,1-4H3,(H,32,38)(H,39,40)/t22-,23+,24+/m0/s1. The lowest BCUT2D eigenvalue weighted by molar-refractivity contribution is -0.137. The van der Waals surface area contributed by atoms with Crippen molar-refractivity contribution in [1.82, 2.24) is 25.2 Å². The van der Waals surface area contributed by atoms with Gasteiger partial charge in [-0.25, -0.2) is 4.79 Å². The normalized spacial score (nSPS) is 14.3. The molecule has 3 rings (SSSR count). The molecular weight excluding hydrogens is 543 g/mol. The number of halogens is 3. The fourth-order valence-electron chi connectivity index (χ4n) is 4.56. The molecule has 0 aliphatic carbocycles. The molecular formula is C28H36F3N5O5. The van der Waals surface area contributed by atoms with Crippen molar-refractivity contribution < 1.29 is 37.5 Å². The molecule has 41 heavy (non-hydrogen) atoms. The zero-order chi connectivity index (χ0) is 30.4. The Labute approximate surface area is 236 Å². The summed E-state index contributed by atoms with van der Waals surface area (Å²) < 4.78 is 45.4. The number of alkyl halides is 3. The highest BCUT2D eigenvalue weighted by Gasteiger charge is 2.42. The first-order chi connectivity index (χ1) is 19.2. The topological polar surface area (TPSA) is 134 Å². The summed E-state index contributed by atoms with van der Waals surface area (Å²) in [6.07, 6.45) is -2.86. The molecule has 10 nitrogen and oxygen atoms in total. The van der Waals surface area contributed by atoms with E-state index in [9.17, 15) is 33.0 Å². The van der Waals surface area contributed by atoms with E-state index in [1.54, 1.807) is 18.3 Å². The quantitative estimate of drug-likeness (QED) is 0.269. The van der Waals surface area contributed by atoms with E-state index in [1.807, 2.05) is 27.7 Å². The second-order valence-corrected chi connectivity index (χ2v) is 10.9. The van der Waals surface area contributed by atoms with Crippen LogP contribution in [0.5, 0.6) is 0 Å². The van der Waals surface area contributed by atoms with Crippen molar-refractivity contribution in [2.45, 2.75) is 84.4 Å². The minimum Gasteiger partial charge on any atom is -0.465 e. The predicted octanol–water partition coefficient (Wildman–Crippen LogP) is 5.19. The number of aliphatic hydroxyl groups excluding tert-OH is 1. The van der Waals surface area contributed by atoms with Gasteiger partial charge in [0.1, 0.15) is 0 Å². The Morgan fingerprint density at radius 2 is 1.80 bits per heavy atom. The van der Waals surface area contributed by atoms with Gasteiger partial charge in [-0.1, -0.05) is 57.8 Å². The Morgan fingerprint density at radius 3 is 2.34 bits per heavy atom. The largest absolute Gasteiger partial charge is 0.465 e. The SMILES string of the molecule is CCCC[C@@H]([C@@H](O)C(=O)NCc1ccno1)N(C(=O)O)[C@H](Cn1ccc(-c2ccc(C(F)(F)F)cc2)n1)C(C)(C)C. The highest BCUT2D eigenvalue weighted by Crippen LogP contribution is 2.32. The van der Waals surface area contributed by atoms with Gasteiger partial charge in [0.15, 0.2) is 11.9 Å². The number of carbonyl (C=O) groups excluding carboxylic acids is 1. The van der Waals surface area contributed by atoms with E-state index in [0.717, 1.165) is 17.0 Å². The first-order valence-electron chi connectivity index (χ1n) is 13.3. The van der Waals surface area contributed by atoms with Gasteiger partial charge in [0, 0.05) is 17.8 Å². The van der Waals surface area contributed by atoms with Crippen LogP contribution in [0.3, 0.4) is 0 Å². The second kappa shape index (κ2) is 13.2. The molecule has 1 aromatic carbocycles. The van der Waals surface area contributed by atoms with Crippen molar-refractivity contribution in [2.24, 2.45) is 5.41 Å². The Balaban J connectivity index is 1.87. The number of unbranched alkanes of at least 4 members (excludes halogenated alkanes) is 1. The molecule has 0 bridgehead atoms. The maximum atomic E-state index is 13.0. The van der Waals surface area contributed by atoms with Crippen molar-refractivity contribution in [1.29, 1.82) is 0 Å². The maximum absolute atomic E-state index is 13.0. The fourth-order valence-corrected chi connectivity index (χ4v) is 4.56. The number of nitrogens with zero attached hydrogens (tertiary/aromatic N) is 4. The van der Waals surface area contributed by atoms with Crippen LogP contribution in [-0.2, 0) is 24.1 Å². The van der Waals surface area contributed by atoms with Gasteiger partial charge in [-0.15, -0.1) is 0 Å². The van der Waals surface area contributed by atoms with Gasteiger partial charge in [-0.3, -0.25) is 14.4 Å². The molecule has 2 heterocycles. The number of hydrogen-bond acceptors (Lipinski definition) is 6. The smallest absolute Gasteiger partial charge is 0.416 e. The third-order valence-electron chi connectivity index (χ3n) is 6.84. The van der Waals surface area contributed by atoms with Crippen LogP contribution in [0.1, 0.15) is 58.3 Å². The number of carboxylic acid groups (broad SMARTS) is 1. The molecule has 2 amide bonds. The van der Waals surface area contributed by atoms with E-state index in [0.29, 0.717) is 29.9 Å². The van der Waals surface area contributed by atoms with Gasteiger partial charge in [-0.05, 0) is 30.0 Å². The first-order valence-corrected chi connectivity index (χ1v) is 13.3. The van der Waals surface area contributed by atoms with Gasteiger partial charge in [-0.2, -0.15) is 18.3 Å². The van der Waals surface area contributed by atoms with Gasteiger partial charge in [0.25, 0.3) is 5.91 Å². The molecule has 0 unspecified atom stereocenters. The summed E-state index contributed by atoms with van der Waals surface area (Å²) in [4.78, 5) is 26.8. The van der Waals surface area contributed by atoms with Gasteiger partial charge in [0.05, 0.1) is 42.6 Å². The Hall–Kier alpha value is -3.87. The van der Waals surface area contributed by atoms with Crippen LogP contribution in [0.4, 0.5) is 18.0 Å². The molecule has 0 saturated heterocycles. The lowest BCUT2D eigenvalue weighted by atomic mass is 9.83. The summed E-state index contributed by atoms with van der Waals surface area (Å²) in [5, 5.41) is 32.1. The van der Waals surface area contributed by atoms with E-state index < -0.39 is 47.3 Å². The molecule has 3 N–H and O–H groups in total. The van der Waals surface area contributed by atoms with E-state index >= 15 is 0 Å². The number of amides is 2. The van der Waals surface area contributed by atoms with Crippen molar-refractivity contribution >= 4 is 12.0 Å². The van der Waals surface area contributed by atoms with Gasteiger partial charge >= 0.3 is 12.3 Å². The molecule has 0 fully saturated rings. The monoisotopic (exact) mass is 579 g/mol. The maximum Gasteiger partial charge on any atom is 0.416 e. The summed E-state index contributed by atoms with van der Waals surface area (Å²) >= 11 is 0. The summed E-state index contributed by atoms with van der Waals surface area (Å²) in [5.74, 6) is -0.369. The Kier molecular flexibility index (Phi) is 10.2. The van der Waals surface area contributed by atoms with E-state index in [1.165, 1.54) is 23.0 Å². The minimum atomic E-state index is -4.45. The summed E-state index contributed by atoms with van der Waals surface area (Å²) in [5.41, 5.74) is -0.534. The van der Waals surface area contributed by atoms with Crippen molar-refractivity contribution in [3.05, 3.63) is 60.1 Å². The summed E-state index contributed by atoms with van der Waals surface area (Å²) in [6.45, 7) is 7.52. The third kappa shape index (κ3) is 8.32. The van der Waals surface area contributed by atoms with Crippen LogP contribution in [0.2, 0.25) is 0 Å². The molecule has 2 aromatic heterocycles. The number of aliphatic hydroxyl groups is 1. The van der Waals surface area contributed by atoms with Crippen molar-refractivity contribution in [3.8, 4) is 11.3 Å². The fraction of sp³-hybridized carbons (Fsp3) is 0.500. The minimum absolute atomic E-state index is 0.0217. The molecule has 3 aromatic rings. The molecule has 0 aliphatic rings. The number of hydrogen-bond donors (Lipinski definition) is 3. The van der Waals surface area contributed by atoms with Crippen LogP contribution in [0.25, 0.3) is 11.3 Å².